The van der Waals surface area contributed by atoms with E-state index in [1.54, 1.807) is 20.8 Å². The minimum absolute atomic E-state index is 0.336. The molecule has 1 aromatic carbocycles. The van der Waals surface area contributed by atoms with Crippen LogP contribution >= 0.6 is 0 Å². The molecule has 0 radical (unpaired) electrons. The summed E-state index contributed by atoms with van der Waals surface area (Å²) in [6, 6.07) is 9.38. The van der Waals surface area contributed by atoms with Gasteiger partial charge in [-0.3, -0.25) is 4.90 Å². The SMILES string of the molecule is CC(C)(C)OC(=O)N[C@@H]1CN(Cc2ccccc2)CC[C@@H]1NC(=O)O. The summed E-state index contributed by atoms with van der Waals surface area (Å²) in [5, 5.41) is 14.4. The molecular formula is C18H27N3O4. The van der Waals surface area contributed by atoms with E-state index in [9.17, 15) is 9.59 Å². The lowest BCUT2D eigenvalue weighted by molar-refractivity contribution is 0.0444. The molecule has 0 bridgehead atoms. The Bertz CT molecular complexity index is 586. The molecule has 0 saturated carbocycles. The number of rotatable bonds is 4. The third-order valence-electron chi connectivity index (χ3n) is 3.96. The molecule has 0 aromatic heterocycles. The quantitative estimate of drug-likeness (QED) is 0.776. The number of hydrogen-bond donors (Lipinski definition) is 3. The monoisotopic (exact) mass is 349 g/mol. The second-order valence-electron chi connectivity index (χ2n) is 7.32. The van der Waals surface area contributed by atoms with Gasteiger partial charge in [-0.15, -0.1) is 0 Å². The van der Waals surface area contributed by atoms with E-state index in [2.05, 4.69) is 27.7 Å². The Hall–Kier alpha value is -2.28. The van der Waals surface area contributed by atoms with E-state index in [0.29, 0.717) is 13.0 Å². The normalized spacial score (nSPS) is 21.4. The minimum Gasteiger partial charge on any atom is -0.465 e. The fourth-order valence-corrected chi connectivity index (χ4v) is 2.94. The van der Waals surface area contributed by atoms with E-state index in [1.807, 2.05) is 18.2 Å². The summed E-state index contributed by atoms with van der Waals surface area (Å²) >= 11 is 0. The first-order valence-electron chi connectivity index (χ1n) is 8.48. The van der Waals surface area contributed by atoms with Crippen LogP contribution < -0.4 is 10.6 Å². The average Bonchev–Trinajstić information content (AvgIpc) is 2.48. The summed E-state index contributed by atoms with van der Waals surface area (Å²) in [5.74, 6) is 0. The number of carboxylic acid groups (broad SMARTS) is 1. The van der Waals surface area contributed by atoms with E-state index in [1.165, 1.54) is 5.56 Å². The fourth-order valence-electron chi connectivity index (χ4n) is 2.94. The molecule has 25 heavy (non-hydrogen) atoms. The van der Waals surface area contributed by atoms with Gasteiger partial charge in [0.15, 0.2) is 0 Å². The van der Waals surface area contributed by atoms with Crippen LogP contribution in [0.1, 0.15) is 32.8 Å². The molecule has 1 heterocycles. The van der Waals surface area contributed by atoms with Crippen LogP contribution in [0.3, 0.4) is 0 Å². The van der Waals surface area contributed by atoms with E-state index < -0.39 is 17.8 Å². The number of carbonyl (C=O) groups is 2. The number of amides is 2. The Labute approximate surface area is 148 Å². The molecule has 2 amide bonds. The van der Waals surface area contributed by atoms with Gasteiger partial charge in [0, 0.05) is 19.6 Å². The molecule has 7 heteroatoms. The van der Waals surface area contributed by atoms with E-state index in [-0.39, 0.29) is 12.1 Å². The smallest absolute Gasteiger partial charge is 0.407 e. The van der Waals surface area contributed by atoms with Crippen molar-refractivity contribution >= 4 is 12.2 Å². The average molecular weight is 349 g/mol. The summed E-state index contributed by atoms with van der Waals surface area (Å²) < 4.78 is 5.30. The Kier molecular flexibility index (Phi) is 6.25. The predicted octanol–water partition coefficient (Wildman–Crippen LogP) is 2.42. The van der Waals surface area contributed by atoms with E-state index >= 15 is 0 Å². The Morgan fingerprint density at radius 3 is 2.48 bits per heavy atom. The Morgan fingerprint density at radius 2 is 1.88 bits per heavy atom. The highest BCUT2D eigenvalue weighted by molar-refractivity contribution is 5.69. The van der Waals surface area contributed by atoms with E-state index in [4.69, 9.17) is 9.84 Å². The number of benzene rings is 1. The Balaban J connectivity index is 2.00. The highest BCUT2D eigenvalue weighted by Crippen LogP contribution is 2.16. The zero-order valence-corrected chi connectivity index (χ0v) is 15.0. The first-order valence-corrected chi connectivity index (χ1v) is 8.48. The van der Waals surface area contributed by atoms with Crippen molar-refractivity contribution in [1.82, 2.24) is 15.5 Å². The Morgan fingerprint density at radius 1 is 1.20 bits per heavy atom. The van der Waals surface area contributed by atoms with Crippen LogP contribution in [-0.4, -0.2) is 53.0 Å². The van der Waals surface area contributed by atoms with Crippen molar-refractivity contribution in [2.24, 2.45) is 0 Å². The summed E-state index contributed by atoms with van der Waals surface area (Å²) in [5.41, 5.74) is 0.584. The van der Waals surface area contributed by atoms with Crippen LogP contribution in [0.4, 0.5) is 9.59 Å². The second kappa shape index (κ2) is 8.20. The first-order chi connectivity index (χ1) is 11.7. The van der Waals surface area contributed by atoms with Crippen molar-refractivity contribution in [3.63, 3.8) is 0 Å². The second-order valence-corrected chi connectivity index (χ2v) is 7.32. The molecule has 1 aliphatic heterocycles. The summed E-state index contributed by atoms with van der Waals surface area (Å²) in [7, 11) is 0. The molecule has 3 N–H and O–H groups in total. The van der Waals surface area contributed by atoms with Gasteiger partial charge in [0.25, 0.3) is 0 Å². The molecular weight excluding hydrogens is 322 g/mol. The maximum absolute atomic E-state index is 12.1. The predicted molar refractivity (Wildman–Crippen MR) is 94.4 cm³/mol. The van der Waals surface area contributed by atoms with Gasteiger partial charge < -0.3 is 20.5 Å². The molecule has 1 aromatic rings. The first kappa shape index (κ1) is 19.1. The molecule has 2 rings (SSSR count). The fraction of sp³-hybridized carbons (Fsp3) is 0.556. The number of piperidine rings is 1. The zero-order valence-electron chi connectivity index (χ0n) is 15.0. The summed E-state index contributed by atoms with van der Waals surface area (Å²) in [6.45, 7) is 7.45. The van der Waals surface area contributed by atoms with Gasteiger partial charge in [-0.25, -0.2) is 9.59 Å². The lowest BCUT2D eigenvalue weighted by atomic mass is 9.98. The molecule has 138 valence electrons. The highest BCUT2D eigenvalue weighted by atomic mass is 16.6. The number of alkyl carbamates (subject to hydrolysis) is 1. The molecule has 1 fully saturated rings. The molecule has 0 spiro atoms. The van der Waals surface area contributed by atoms with Crippen LogP contribution in [0.15, 0.2) is 30.3 Å². The van der Waals surface area contributed by atoms with Crippen molar-refractivity contribution in [3.8, 4) is 0 Å². The number of carbonyl (C=O) groups excluding carboxylic acids is 1. The molecule has 2 atom stereocenters. The van der Waals surface area contributed by atoms with E-state index in [0.717, 1.165) is 13.1 Å². The number of nitrogens with one attached hydrogen (secondary N) is 2. The maximum atomic E-state index is 12.1. The van der Waals surface area contributed by atoms with Crippen molar-refractivity contribution in [1.29, 1.82) is 0 Å². The van der Waals surface area contributed by atoms with Crippen LogP contribution in [0.25, 0.3) is 0 Å². The van der Waals surface area contributed by atoms with Crippen molar-refractivity contribution in [2.75, 3.05) is 13.1 Å². The van der Waals surface area contributed by atoms with Gasteiger partial charge in [0.1, 0.15) is 5.60 Å². The highest BCUT2D eigenvalue weighted by Gasteiger charge is 2.32. The van der Waals surface area contributed by atoms with Crippen molar-refractivity contribution in [2.45, 2.75) is 51.4 Å². The maximum Gasteiger partial charge on any atom is 0.407 e. The lowest BCUT2D eigenvalue weighted by Crippen LogP contribution is -2.60. The van der Waals surface area contributed by atoms with Gasteiger partial charge in [-0.2, -0.15) is 0 Å². The van der Waals surface area contributed by atoms with Crippen molar-refractivity contribution in [3.05, 3.63) is 35.9 Å². The number of hydrogen-bond acceptors (Lipinski definition) is 4. The van der Waals surface area contributed by atoms with Crippen LogP contribution in [0.5, 0.6) is 0 Å². The van der Waals surface area contributed by atoms with Crippen LogP contribution in [0, 0.1) is 0 Å². The zero-order chi connectivity index (χ0) is 18.4. The summed E-state index contributed by atoms with van der Waals surface area (Å²) in [6.07, 6.45) is -0.992. The van der Waals surface area contributed by atoms with Gasteiger partial charge in [0.05, 0.1) is 12.1 Å². The van der Waals surface area contributed by atoms with Gasteiger partial charge in [-0.05, 0) is 32.8 Å². The lowest BCUT2D eigenvalue weighted by Gasteiger charge is -2.39. The number of likely N-dealkylation sites (tertiary alicyclic amines) is 1. The van der Waals surface area contributed by atoms with Crippen molar-refractivity contribution < 1.29 is 19.4 Å². The number of nitrogens with zero attached hydrogens (tertiary/aromatic N) is 1. The third kappa shape index (κ3) is 6.62. The van der Waals surface area contributed by atoms with Gasteiger partial charge >= 0.3 is 12.2 Å². The minimum atomic E-state index is -1.09. The van der Waals surface area contributed by atoms with Gasteiger partial charge in [-0.1, -0.05) is 30.3 Å². The van der Waals surface area contributed by atoms with Gasteiger partial charge in [0.2, 0.25) is 0 Å². The van der Waals surface area contributed by atoms with Crippen LogP contribution in [0.2, 0.25) is 0 Å². The third-order valence-corrected chi connectivity index (χ3v) is 3.96. The standard InChI is InChI=1S/C18H27N3O4/c1-18(2,3)25-17(24)20-15-12-21(10-9-14(15)19-16(22)23)11-13-7-5-4-6-8-13/h4-8,14-15,19H,9-12H2,1-3H3,(H,20,24)(H,22,23)/t14-,15+/m0/s1. The largest absolute Gasteiger partial charge is 0.465 e. The molecule has 1 aliphatic rings. The molecule has 0 aliphatic carbocycles. The number of ether oxygens (including phenoxy) is 1. The molecule has 1 saturated heterocycles. The topological polar surface area (TPSA) is 90.9 Å². The molecule has 7 nitrogen and oxygen atoms in total. The summed E-state index contributed by atoms with van der Waals surface area (Å²) in [4.78, 5) is 25.3. The molecule has 0 unspecified atom stereocenters. The van der Waals surface area contributed by atoms with Crippen LogP contribution in [-0.2, 0) is 11.3 Å².